The summed E-state index contributed by atoms with van der Waals surface area (Å²) in [6.07, 6.45) is 3.39. The molecule has 1 aliphatic heterocycles. The Bertz CT molecular complexity index is 600. The summed E-state index contributed by atoms with van der Waals surface area (Å²) in [5.41, 5.74) is 3.19. The fourth-order valence-electron chi connectivity index (χ4n) is 2.57. The number of benzene rings is 1. The smallest absolute Gasteiger partial charge is 0.141 e. The molecule has 2 heterocycles. The first-order valence-corrected chi connectivity index (χ1v) is 6.89. The molecule has 19 heavy (non-hydrogen) atoms. The maximum absolute atomic E-state index is 13.3. The lowest BCUT2D eigenvalue weighted by Gasteiger charge is -2.31. The van der Waals surface area contributed by atoms with E-state index in [1.807, 2.05) is 12.1 Å². The molecule has 1 aliphatic rings. The van der Waals surface area contributed by atoms with Crippen LogP contribution in [0.25, 0.3) is 0 Å². The quantitative estimate of drug-likeness (QED) is 0.770. The average Bonchev–Trinajstić information content (AvgIpc) is 2.46. The number of aromatic nitrogens is 1. The second-order valence-electron chi connectivity index (χ2n) is 4.65. The van der Waals surface area contributed by atoms with Gasteiger partial charge < -0.3 is 4.90 Å². The Kier molecular flexibility index (Phi) is 3.38. The van der Waals surface area contributed by atoms with Crippen LogP contribution < -0.4 is 4.90 Å². The highest BCUT2D eigenvalue weighted by Crippen LogP contribution is 2.34. The van der Waals surface area contributed by atoms with E-state index in [4.69, 9.17) is 11.6 Å². The Hall–Kier alpha value is -1.61. The zero-order valence-electron chi connectivity index (χ0n) is 10.4. The predicted octanol–water partition coefficient (Wildman–Crippen LogP) is 4.04. The zero-order chi connectivity index (χ0) is 13.2. The van der Waals surface area contributed by atoms with E-state index >= 15 is 0 Å². The molecular weight excluding hydrogens is 263 g/mol. The topological polar surface area (TPSA) is 16.1 Å². The van der Waals surface area contributed by atoms with Crippen molar-refractivity contribution in [1.82, 2.24) is 4.98 Å². The van der Waals surface area contributed by atoms with Gasteiger partial charge in [0.25, 0.3) is 0 Å². The number of hydrogen-bond acceptors (Lipinski definition) is 2. The first kappa shape index (κ1) is 12.4. The number of para-hydroxylation sites is 1. The third-order valence-electron chi connectivity index (χ3n) is 3.42. The number of alkyl halides is 1. The number of fused-ring (bicyclic) bond motifs is 1. The van der Waals surface area contributed by atoms with Crippen molar-refractivity contribution in [3.63, 3.8) is 0 Å². The fourth-order valence-corrected chi connectivity index (χ4v) is 2.77. The molecule has 0 fully saturated rings. The van der Waals surface area contributed by atoms with Crippen molar-refractivity contribution in [2.75, 3.05) is 11.4 Å². The molecule has 3 rings (SSSR count). The molecule has 0 aliphatic carbocycles. The third kappa shape index (κ3) is 2.30. The lowest BCUT2D eigenvalue weighted by Crippen LogP contribution is -2.26. The van der Waals surface area contributed by atoms with Crippen molar-refractivity contribution >= 4 is 23.1 Å². The van der Waals surface area contributed by atoms with E-state index < -0.39 is 0 Å². The minimum atomic E-state index is -0.343. The SMILES string of the molecule is Fc1cnc(N2CCCc3ccccc32)c(CCl)c1. The average molecular weight is 277 g/mol. The minimum absolute atomic E-state index is 0.263. The van der Waals surface area contributed by atoms with E-state index in [1.165, 1.54) is 17.8 Å². The second kappa shape index (κ2) is 5.17. The number of pyridine rings is 1. The zero-order valence-corrected chi connectivity index (χ0v) is 11.2. The number of aryl methyl sites for hydroxylation is 1. The van der Waals surface area contributed by atoms with Crippen LogP contribution in [0.2, 0.25) is 0 Å². The van der Waals surface area contributed by atoms with Crippen LogP contribution in [0.1, 0.15) is 17.5 Å². The molecule has 0 spiro atoms. The summed E-state index contributed by atoms with van der Waals surface area (Å²) in [6.45, 7) is 0.888. The van der Waals surface area contributed by atoms with Crippen LogP contribution >= 0.6 is 11.6 Å². The predicted molar refractivity (Wildman–Crippen MR) is 75.5 cm³/mol. The largest absolute Gasteiger partial charge is 0.326 e. The van der Waals surface area contributed by atoms with Gasteiger partial charge in [0.2, 0.25) is 0 Å². The third-order valence-corrected chi connectivity index (χ3v) is 3.71. The summed E-state index contributed by atoms with van der Waals surface area (Å²) in [4.78, 5) is 6.37. The number of rotatable bonds is 2. The van der Waals surface area contributed by atoms with E-state index in [0.717, 1.165) is 36.5 Å². The van der Waals surface area contributed by atoms with Crippen LogP contribution in [-0.2, 0) is 12.3 Å². The van der Waals surface area contributed by atoms with Crippen LogP contribution in [-0.4, -0.2) is 11.5 Å². The molecule has 0 amide bonds. The van der Waals surface area contributed by atoms with Crippen molar-refractivity contribution in [3.05, 3.63) is 53.5 Å². The van der Waals surface area contributed by atoms with E-state index in [0.29, 0.717) is 0 Å². The molecule has 2 aromatic rings. The lowest BCUT2D eigenvalue weighted by molar-refractivity contribution is 0.618. The van der Waals surface area contributed by atoms with Gasteiger partial charge in [-0.15, -0.1) is 11.6 Å². The molecular formula is C15H14ClFN2. The van der Waals surface area contributed by atoms with Gasteiger partial charge in [-0.25, -0.2) is 9.37 Å². The Balaban J connectivity index is 2.09. The van der Waals surface area contributed by atoms with Crippen molar-refractivity contribution in [2.45, 2.75) is 18.7 Å². The summed E-state index contributed by atoms with van der Waals surface area (Å²) < 4.78 is 13.3. The minimum Gasteiger partial charge on any atom is -0.326 e. The lowest BCUT2D eigenvalue weighted by atomic mass is 10.0. The highest BCUT2D eigenvalue weighted by Gasteiger charge is 2.21. The van der Waals surface area contributed by atoms with Crippen molar-refractivity contribution < 1.29 is 4.39 Å². The molecule has 0 radical (unpaired) electrons. The number of anilines is 2. The van der Waals surface area contributed by atoms with Gasteiger partial charge in [-0.3, -0.25) is 0 Å². The van der Waals surface area contributed by atoms with Gasteiger partial charge in [0.15, 0.2) is 0 Å². The molecule has 2 nitrogen and oxygen atoms in total. The number of hydrogen-bond donors (Lipinski definition) is 0. The number of nitrogens with zero attached hydrogens (tertiary/aromatic N) is 2. The second-order valence-corrected chi connectivity index (χ2v) is 4.92. The van der Waals surface area contributed by atoms with E-state index in [1.54, 1.807) is 0 Å². The number of halogens is 2. The van der Waals surface area contributed by atoms with E-state index in [9.17, 15) is 4.39 Å². The van der Waals surface area contributed by atoms with Crippen LogP contribution in [0.4, 0.5) is 15.9 Å². The molecule has 0 atom stereocenters. The van der Waals surface area contributed by atoms with E-state index in [2.05, 4.69) is 22.0 Å². The molecule has 1 aromatic carbocycles. The Morgan fingerprint density at radius 1 is 1.32 bits per heavy atom. The van der Waals surface area contributed by atoms with Gasteiger partial charge in [0.05, 0.1) is 12.1 Å². The Morgan fingerprint density at radius 3 is 3.00 bits per heavy atom. The Morgan fingerprint density at radius 2 is 2.16 bits per heavy atom. The molecule has 0 bridgehead atoms. The van der Waals surface area contributed by atoms with Gasteiger partial charge in [-0.2, -0.15) is 0 Å². The van der Waals surface area contributed by atoms with E-state index in [-0.39, 0.29) is 11.7 Å². The van der Waals surface area contributed by atoms with Crippen molar-refractivity contribution in [3.8, 4) is 0 Å². The Labute approximate surface area is 116 Å². The summed E-state index contributed by atoms with van der Waals surface area (Å²) in [7, 11) is 0. The van der Waals surface area contributed by atoms with Gasteiger partial charge in [-0.05, 0) is 30.5 Å². The normalized spacial score (nSPS) is 14.3. The van der Waals surface area contributed by atoms with Crippen LogP contribution in [0, 0.1) is 5.82 Å². The van der Waals surface area contributed by atoms with Crippen molar-refractivity contribution in [2.24, 2.45) is 0 Å². The highest BCUT2D eigenvalue weighted by molar-refractivity contribution is 6.17. The maximum Gasteiger partial charge on any atom is 0.141 e. The maximum atomic E-state index is 13.3. The first-order chi connectivity index (χ1) is 9.29. The molecule has 4 heteroatoms. The fraction of sp³-hybridized carbons (Fsp3) is 0.267. The van der Waals surface area contributed by atoms with Gasteiger partial charge >= 0.3 is 0 Å². The van der Waals surface area contributed by atoms with Gasteiger partial charge in [0, 0.05) is 17.8 Å². The molecule has 0 N–H and O–H groups in total. The van der Waals surface area contributed by atoms with Crippen LogP contribution in [0.3, 0.4) is 0 Å². The summed E-state index contributed by atoms with van der Waals surface area (Å²) in [6, 6.07) is 9.74. The summed E-state index contributed by atoms with van der Waals surface area (Å²) >= 11 is 5.92. The summed E-state index contributed by atoms with van der Waals surface area (Å²) in [5.74, 6) is 0.687. The molecule has 0 saturated heterocycles. The van der Waals surface area contributed by atoms with Gasteiger partial charge in [-0.1, -0.05) is 18.2 Å². The van der Waals surface area contributed by atoms with Crippen LogP contribution in [0.5, 0.6) is 0 Å². The van der Waals surface area contributed by atoms with Crippen molar-refractivity contribution in [1.29, 1.82) is 0 Å². The highest BCUT2D eigenvalue weighted by atomic mass is 35.5. The molecule has 0 saturated carbocycles. The first-order valence-electron chi connectivity index (χ1n) is 6.35. The standard InChI is InChI=1S/C15H14ClFN2/c16-9-12-8-13(17)10-18-15(12)19-7-3-5-11-4-1-2-6-14(11)19/h1-2,4,6,8,10H,3,5,7,9H2. The van der Waals surface area contributed by atoms with Gasteiger partial charge in [0.1, 0.15) is 11.6 Å². The van der Waals surface area contributed by atoms with Crippen LogP contribution in [0.15, 0.2) is 36.5 Å². The molecule has 0 unspecified atom stereocenters. The molecule has 1 aromatic heterocycles. The molecule has 98 valence electrons. The monoisotopic (exact) mass is 276 g/mol. The summed E-state index contributed by atoms with van der Waals surface area (Å²) in [5, 5.41) is 0.